The molecule has 0 aliphatic heterocycles. The van der Waals surface area contributed by atoms with Gasteiger partial charge in [-0.3, -0.25) is 0 Å². The van der Waals surface area contributed by atoms with Crippen LogP contribution in [0.25, 0.3) is 0 Å². The molecule has 1 aromatic carbocycles. The Hall–Kier alpha value is -1.06. The third-order valence-electron chi connectivity index (χ3n) is 5.29. The first kappa shape index (κ1) is 15.3. The lowest BCUT2D eigenvalue weighted by molar-refractivity contribution is -0.0981. The number of aliphatic hydroxyl groups is 1. The number of methoxy groups -OCH3 is 1. The SMILES string of the molecule is COc1ccccc1C(C)(O)C1(CN)CCC(C)CC1. The van der Waals surface area contributed by atoms with Crippen LogP contribution in [0.2, 0.25) is 0 Å². The summed E-state index contributed by atoms with van der Waals surface area (Å²) in [5.41, 5.74) is 5.73. The van der Waals surface area contributed by atoms with E-state index in [-0.39, 0.29) is 5.41 Å². The Kier molecular flexibility index (Phi) is 4.40. The van der Waals surface area contributed by atoms with E-state index in [0.717, 1.165) is 42.9 Å². The van der Waals surface area contributed by atoms with Gasteiger partial charge in [-0.15, -0.1) is 0 Å². The summed E-state index contributed by atoms with van der Waals surface area (Å²) in [4.78, 5) is 0. The molecule has 1 atom stereocenters. The Labute approximate surface area is 122 Å². The molecular formula is C17H27NO2. The van der Waals surface area contributed by atoms with Crippen molar-refractivity contribution in [1.82, 2.24) is 0 Å². The third kappa shape index (κ3) is 2.45. The van der Waals surface area contributed by atoms with Crippen molar-refractivity contribution in [2.75, 3.05) is 13.7 Å². The highest BCUT2D eigenvalue weighted by molar-refractivity contribution is 5.39. The summed E-state index contributed by atoms with van der Waals surface area (Å²) in [6, 6.07) is 7.73. The first-order valence-corrected chi connectivity index (χ1v) is 7.53. The molecule has 0 saturated heterocycles. The molecule has 0 heterocycles. The highest BCUT2D eigenvalue weighted by atomic mass is 16.5. The molecule has 112 valence electrons. The molecule has 20 heavy (non-hydrogen) atoms. The van der Waals surface area contributed by atoms with Gasteiger partial charge in [0.1, 0.15) is 5.75 Å². The van der Waals surface area contributed by atoms with E-state index in [0.29, 0.717) is 6.54 Å². The lowest BCUT2D eigenvalue weighted by atomic mass is 9.60. The molecule has 1 aromatic rings. The molecule has 1 saturated carbocycles. The summed E-state index contributed by atoms with van der Waals surface area (Å²) >= 11 is 0. The molecule has 1 fully saturated rings. The zero-order valence-corrected chi connectivity index (χ0v) is 12.9. The van der Waals surface area contributed by atoms with E-state index >= 15 is 0 Å². The zero-order valence-electron chi connectivity index (χ0n) is 12.9. The van der Waals surface area contributed by atoms with Crippen molar-refractivity contribution in [3.63, 3.8) is 0 Å². The van der Waals surface area contributed by atoms with Crippen LogP contribution >= 0.6 is 0 Å². The average Bonchev–Trinajstić information content (AvgIpc) is 2.48. The minimum absolute atomic E-state index is 0.256. The third-order valence-corrected chi connectivity index (χ3v) is 5.29. The van der Waals surface area contributed by atoms with Gasteiger partial charge in [0.2, 0.25) is 0 Å². The van der Waals surface area contributed by atoms with Crippen molar-refractivity contribution in [2.45, 2.75) is 45.1 Å². The number of ether oxygens (including phenoxy) is 1. The van der Waals surface area contributed by atoms with Gasteiger partial charge in [0, 0.05) is 17.5 Å². The van der Waals surface area contributed by atoms with Crippen molar-refractivity contribution < 1.29 is 9.84 Å². The van der Waals surface area contributed by atoms with Crippen LogP contribution in [-0.2, 0) is 5.60 Å². The lowest BCUT2D eigenvalue weighted by Crippen LogP contribution is -2.50. The van der Waals surface area contributed by atoms with Crippen LogP contribution in [0.15, 0.2) is 24.3 Å². The van der Waals surface area contributed by atoms with Gasteiger partial charge < -0.3 is 15.6 Å². The van der Waals surface area contributed by atoms with Gasteiger partial charge in [-0.1, -0.05) is 38.0 Å². The van der Waals surface area contributed by atoms with Gasteiger partial charge in [0.25, 0.3) is 0 Å². The summed E-state index contributed by atoms with van der Waals surface area (Å²) in [5, 5.41) is 11.3. The van der Waals surface area contributed by atoms with E-state index in [9.17, 15) is 5.11 Å². The topological polar surface area (TPSA) is 55.5 Å². The molecule has 1 aliphatic carbocycles. The normalized spacial score (nSPS) is 29.8. The standard InChI is InChI=1S/C17H27NO2/c1-13-8-10-17(12-18,11-9-13)16(2,19)14-6-4-5-7-15(14)20-3/h4-7,13,19H,8-12,18H2,1-3H3. The fourth-order valence-electron chi connectivity index (χ4n) is 3.54. The van der Waals surface area contributed by atoms with E-state index in [1.54, 1.807) is 7.11 Å². The van der Waals surface area contributed by atoms with E-state index in [4.69, 9.17) is 10.5 Å². The van der Waals surface area contributed by atoms with Crippen LogP contribution < -0.4 is 10.5 Å². The average molecular weight is 277 g/mol. The maximum Gasteiger partial charge on any atom is 0.124 e. The summed E-state index contributed by atoms with van der Waals surface area (Å²) < 4.78 is 5.43. The van der Waals surface area contributed by atoms with Gasteiger partial charge in [-0.05, 0) is 31.7 Å². The van der Waals surface area contributed by atoms with Crippen molar-refractivity contribution in [3.8, 4) is 5.75 Å². The second kappa shape index (κ2) is 5.74. The summed E-state index contributed by atoms with van der Waals surface area (Å²) in [5.74, 6) is 1.46. The number of nitrogens with two attached hydrogens (primary N) is 1. The molecule has 3 heteroatoms. The first-order valence-electron chi connectivity index (χ1n) is 7.53. The van der Waals surface area contributed by atoms with Gasteiger partial charge in [0.05, 0.1) is 12.7 Å². The molecule has 0 spiro atoms. The molecule has 3 nitrogen and oxygen atoms in total. The quantitative estimate of drug-likeness (QED) is 0.889. The molecule has 0 aromatic heterocycles. The highest BCUT2D eigenvalue weighted by Crippen LogP contribution is 2.51. The minimum atomic E-state index is -0.964. The van der Waals surface area contributed by atoms with Crippen molar-refractivity contribution in [3.05, 3.63) is 29.8 Å². The van der Waals surface area contributed by atoms with Crippen LogP contribution in [-0.4, -0.2) is 18.8 Å². The minimum Gasteiger partial charge on any atom is -0.496 e. The largest absolute Gasteiger partial charge is 0.496 e. The fourth-order valence-corrected chi connectivity index (χ4v) is 3.54. The van der Waals surface area contributed by atoms with Crippen molar-refractivity contribution in [1.29, 1.82) is 0 Å². The van der Waals surface area contributed by atoms with E-state index < -0.39 is 5.60 Å². The Morgan fingerprint density at radius 1 is 1.35 bits per heavy atom. The summed E-state index contributed by atoms with van der Waals surface area (Å²) in [6.07, 6.45) is 4.19. The number of para-hydroxylation sites is 1. The smallest absolute Gasteiger partial charge is 0.124 e. The number of hydrogen-bond acceptors (Lipinski definition) is 3. The van der Waals surface area contributed by atoms with Crippen molar-refractivity contribution >= 4 is 0 Å². The zero-order chi connectivity index (χ0) is 14.8. The number of benzene rings is 1. The number of hydrogen-bond donors (Lipinski definition) is 2. The molecule has 1 unspecified atom stereocenters. The Morgan fingerprint density at radius 2 is 1.95 bits per heavy atom. The fraction of sp³-hybridized carbons (Fsp3) is 0.647. The van der Waals surface area contributed by atoms with Crippen LogP contribution in [0.1, 0.15) is 45.1 Å². The van der Waals surface area contributed by atoms with Crippen LogP contribution in [0.5, 0.6) is 5.75 Å². The Bertz CT molecular complexity index is 448. The predicted octanol–water partition coefficient (Wildman–Crippen LogP) is 3.06. The van der Waals surface area contributed by atoms with Crippen molar-refractivity contribution in [2.24, 2.45) is 17.1 Å². The van der Waals surface area contributed by atoms with Crippen LogP contribution in [0.4, 0.5) is 0 Å². The maximum atomic E-state index is 11.3. The second-order valence-corrected chi connectivity index (χ2v) is 6.44. The molecule has 0 bridgehead atoms. The van der Waals surface area contributed by atoms with E-state index in [1.165, 1.54) is 0 Å². The number of rotatable bonds is 4. The maximum absolute atomic E-state index is 11.3. The van der Waals surface area contributed by atoms with Gasteiger partial charge >= 0.3 is 0 Å². The summed E-state index contributed by atoms with van der Waals surface area (Å²) in [7, 11) is 1.65. The lowest BCUT2D eigenvalue weighted by Gasteiger charge is -2.49. The molecule has 0 amide bonds. The van der Waals surface area contributed by atoms with Gasteiger partial charge in [0.15, 0.2) is 0 Å². The Balaban J connectivity index is 2.41. The van der Waals surface area contributed by atoms with E-state index in [1.807, 2.05) is 31.2 Å². The van der Waals surface area contributed by atoms with E-state index in [2.05, 4.69) is 6.92 Å². The second-order valence-electron chi connectivity index (χ2n) is 6.44. The van der Waals surface area contributed by atoms with Gasteiger partial charge in [-0.25, -0.2) is 0 Å². The monoisotopic (exact) mass is 277 g/mol. The summed E-state index contributed by atoms with van der Waals surface area (Å²) in [6.45, 7) is 4.68. The highest BCUT2D eigenvalue weighted by Gasteiger charge is 2.49. The predicted molar refractivity (Wildman–Crippen MR) is 81.7 cm³/mol. The molecule has 1 aliphatic rings. The molecule has 0 radical (unpaired) electrons. The van der Waals surface area contributed by atoms with Crippen LogP contribution in [0.3, 0.4) is 0 Å². The molecular weight excluding hydrogens is 250 g/mol. The molecule has 3 N–H and O–H groups in total. The molecule has 2 rings (SSSR count). The first-order chi connectivity index (χ1) is 9.47. The van der Waals surface area contributed by atoms with Gasteiger partial charge in [-0.2, -0.15) is 0 Å². The Morgan fingerprint density at radius 3 is 2.50 bits per heavy atom. The van der Waals surface area contributed by atoms with Crippen LogP contribution in [0, 0.1) is 11.3 Å².